The van der Waals surface area contributed by atoms with E-state index in [1.54, 1.807) is 0 Å². The number of amides is 1. The van der Waals surface area contributed by atoms with Gasteiger partial charge in [0.1, 0.15) is 0 Å². The van der Waals surface area contributed by atoms with Crippen molar-refractivity contribution >= 4 is 6.41 Å². The highest BCUT2D eigenvalue weighted by atomic mass is 16.5. The first-order valence-electron chi connectivity index (χ1n) is 4.41. The Labute approximate surface area is 71.9 Å². The quantitative estimate of drug-likeness (QED) is 0.564. The van der Waals surface area contributed by atoms with Crippen molar-refractivity contribution in [2.24, 2.45) is 0 Å². The third-order valence-electron chi connectivity index (χ3n) is 2.48. The van der Waals surface area contributed by atoms with Gasteiger partial charge in [-0.1, -0.05) is 0 Å². The van der Waals surface area contributed by atoms with Crippen molar-refractivity contribution in [3.05, 3.63) is 0 Å². The molecule has 0 radical (unpaired) electrons. The van der Waals surface area contributed by atoms with E-state index in [0.717, 1.165) is 39.1 Å². The summed E-state index contributed by atoms with van der Waals surface area (Å²) in [5, 5.41) is 3.45. The van der Waals surface area contributed by atoms with Crippen LogP contribution >= 0.6 is 0 Å². The predicted molar refractivity (Wildman–Crippen MR) is 43.8 cm³/mol. The summed E-state index contributed by atoms with van der Waals surface area (Å²) < 4.78 is 5.05. The molecule has 68 valence electrons. The summed E-state index contributed by atoms with van der Waals surface area (Å²) in [5.74, 6) is 0. The summed E-state index contributed by atoms with van der Waals surface area (Å²) in [7, 11) is 0. The van der Waals surface area contributed by atoms with Crippen LogP contribution in [-0.4, -0.2) is 49.7 Å². The van der Waals surface area contributed by atoms with E-state index in [2.05, 4.69) is 5.32 Å². The molecule has 1 atom stereocenters. The molecular weight excluding hydrogens is 156 g/mol. The van der Waals surface area contributed by atoms with Gasteiger partial charge in [-0.2, -0.15) is 0 Å². The topological polar surface area (TPSA) is 41.6 Å². The molecule has 2 aliphatic heterocycles. The molecule has 1 amide bonds. The van der Waals surface area contributed by atoms with Gasteiger partial charge in [-0.05, 0) is 6.42 Å². The molecule has 4 nitrogen and oxygen atoms in total. The minimum Gasteiger partial charge on any atom is -0.378 e. The van der Waals surface area contributed by atoms with E-state index in [9.17, 15) is 4.79 Å². The lowest BCUT2D eigenvalue weighted by Crippen LogP contribution is -2.51. The fraction of sp³-hybridized carbons (Fsp3) is 0.875. The van der Waals surface area contributed by atoms with Crippen LogP contribution in [0.25, 0.3) is 0 Å². The molecule has 2 saturated heterocycles. The Hall–Kier alpha value is -0.610. The first kappa shape index (κ1) is 8.01. The monoisotopic (exact) mass is 170 g/mol. The van der Waals surface area contributed by atoms with Gasteiger partial charge in [-0.25, -0.2) is 0 Å². The fourth-order valence-corrected chi connectivity index (χ4v) is 1.68. The number of hydrogen-bond acceptors (Lipinski definition) is 3. The van der Waals surface area contributed by atoms with Gasteiger partial charge in [-0.15, -0.1) is 0 Å². The number of ether oxygens (including phenoxy) is 1. The molecular formula is C8H14N2O2. The zero-order valence-corrected chi connectivity index (χ0v) is 7.03. The van der Waals surface area contributed by atoms with Crippen molar-refractivity contribution in [3.8, 4) is 0 Å². The van der Waals surface area contributed by atoms with E-state index in [0.29, 0.717) is 12.1 Å². The maximum absolute atomic E-state index is 10.4. The zero-order valence-electron chi connectivity index (χ0n) is 7.03. The first-order valence-corrected chi connectivity index (χ1v) is 4.41. The Morgan fingerprint density at radius 2 is 2.25 bits per heavy atom. The van der Waals surface area contributed by atoms with Crippen LogP contribution in [0.3, 0.4) is 0 Å². The molecule has 0 aliphatic carbocycles. The Kier molecular flexibility index (Phi) is 2.28. The lowest BCUT2D eigenvalue weighted by molar-refractivity contribution is -0.117. The number of likely N-dealkylation sites (tertiary alicyclic amines) is 1. The van der Waals surface area contributed by atoms with E-state index < -0.39 is 0 Å². The zero-order chi connectivity index (χ0) is 8.39. The van der Waals surface area contributed by atoms with Gasteiger partial charge in [0.2, 0.25) is 6.41 Å². The second kappa shape index (κ2) is 3.41. The molecule has 0 aromatic heterocycles. The largest absolute Gasteiger partial charge is 0.378 e. The molecule has 2 aliphatic rings. The summed E-state index contributed by atoms with van der Waals surface area (Å²) >= 11 is 0. The number of nitrogens with zero attached hydrogens (tertiary/aromatic N) is 1. The number of rotatable bonds is 3. The van der Waals surface area contributed by atoms with Gasteiger partial charge >= 0.3 is 0 Å². The lowest BCUT2D eigenvalue weighted by atomic mass is 10.2. The van der Waals surface area contributed by atoms with Gasteiger partial charge in [0, 0.05) is 19.1 Å². The summed E-state index contributed by atoms with van der Waals surface area (Å²) in [6, 6.07) is 1.02. The number of carbonyl (C=O) groups is 1. The van der Waals surface area contributed by atoms with Crippen LogP contribution in [0.4, 0.5) is 0 Å². The lowest BCUT2D eigenvalue weighted by Gasteiger charge is -2.29. The van der Waals surface area contributed by atoms with Gasteiger partial charge < -0.3 is 15.0 Å². The van der Waals surface area contributed by atoms with Crippen LogP contribution in [0, 0.1) is 0 Å². The Morgan fingerprint density at radius 3 is 2.75 bits per heavy atom. The molecule has 1 unspecified atom stereocenters. The first-order chi connectivity index (χ1) is 5.88. The molecule has 2 heterocycles. The van der Waals surface area contributed by atoms with E-state index >= 15 is 0 Å². The minimum atomic E-state index is 0.490. The molecule has 2 rings (SSSR count). The standard InChI is InChI=1S/C8H14N2O2/c11-6-10-2-1-7(3-10)9-8-4-12-5-8/h6-9H,1-5H2. The summed E-state index contributed by atoms with van der Waals surface area (Å²) in [6.07, 6.45) is 2.01. The molecule has 2 fully saturated rings. The van der Waals surface area contributed by atoms with Gasteiger partial charge in [-0.3, -0.25) is 4.79 Å². The summed E-state index contributed by atoms with van der Waals surface area (Å²) in [4.78, 5) is 12.2. The van der Waals surface area contributed by atoms with E-state index in [4.69, 9.17) is 4.74 Å². The van der Waals surface area contributed by atoms with Crippen LogP contribution in [0.5, 0.6) is 0 Å². The highest BCUT2D eigenvalue weighted by Crippen LogP contribution is 2.09. The molecule has 1 N–H and O–H groups in total. The molecule has 4 heteroatoms. The van der Waals surface area contributed by atoms with Crippen LogP contribution in [0.1, 0.15) is 6.42 Å². The maximum atomic E-state index is 10.4. The minimum absolute atomic E-state index is 0.490. The summed E-state index contributed by atoms with van der Waals surface area (Å²) in [5.41, 5.74) is 0. The Balaban J connectivity index is 1.71. The van der Waals surface area contributed by atoms with Gasteiger partial charge in [0.05, 0.1) is 19.3 Å². The highest BCUT2D eigenvalue weighted by molar-refractivity contribution is 5.47. The van der Waals surface area contributed by atoms with E-state index in [1.165, 1.54) is 0 Å². The van der Waals surface area contributed by atoms with Gasteiger partial charge in [0.25, 0.3) is 0 Å². The SMILES string of the molecule is O=CN1CCC(NC2COC2)C1. The number of nitrogens with one attached hydrogen (secondary N) is 1. The van der Waals surface area contributed by atoms with Crippen LogP contribution in [0.2, 0.25) is 0 Å². The third-order valence-corrected chi connectivity index (χ3v) is 2.48. The average molecular weight is 170 g/mol. The normalized spacial score (nSPS) is 30.3. The molecule has 0 aromatic rings. The van der Waals surface area contributed by atoms with Crippen molar-refractivity contribution in [1.82, 2.24) is 10.2 Å². The highest BCUT2D eigenvalue weighted by Gasteiger charge is 2.26. The predicted octanol–water partition coefficient (Wildman–Crippen LogP) is -0.794. The van der Waals surface area contributed by atoms with Crippen molar-refractivity contribution in [3.63, 3.8) is 0 Å². The Bertz CT molecular complexity index is 170. The molecule has 0 aromatic carbocycles. The van der Waals surface area contributed by atoms with E-state index in [-0.39, 0.29) is 0 Å². The third kappa shape index (κ3) is 1.59. The van der Waals surface area contributed by atoms with Crippen molar-refractivity contribution in [1.29, 1.82) is 0 Å². The van der Waals surface area contributed by atoms with Crippen LogP contribution < -0.4 is 5.32 Å². The summed E-state index contributed by atoms with van der Waals surface area (Å²) in [6.45, 7) is 3.42. The molecule has 0 saturated carbocycles. The second-order valence-electron chi connectivity index (χ2n) is 3.49. The van der Waals surface area contributed by atoms with E-state index in [1.807, 2.05) is 4.90 Å². The van der Waals surface area contributed by atoms with Crippen molar-refractivity contribution < 1.29 is 9.53 Å². The molecule has 0 bridgehead atoms. The molecule has 0 spiro atoms. The number of carbonyl (C=O) groups excluding carboxylic acids is 1. The van der Waals surface area contributed by atoms with Crippen molar-refractivity contribution in [2.75, 3.05) is 26.3 Å². The fourth-order valence-electron chi connectivity index (χ4n) is 1.68. The maximum Gasteiger partial charge on any atom is 0.209 e. The van der Waals surface area contributed by atoms with Crippen molar-refractivity contribution in [2.45, 2.75) is 18.5 Å². The van der Waals surface area contributed by atoms with Gasteiger partial charge in [0.15, 0.2) is 0 Å². The van der Waals surface area contributed by atoms with Crippen LogP contribution in [0.15, 0.2) is 0 Å². The average Bonchev–Trinajstić information content (AvgIpc) is 2.44. The Morgan fingerprint density at radius 1 is 1.42 bits per heavy atom. The smallest absolute Gasteiger partial charge is 0.209 e. The number of hydrogen-bond donors (Lipinski definition) is 1. The molecule has 12 heavy (non-hydrogen) atoms. The second-order valence-corrected chi connectivity index (χ2v) is 3.49. The van der Waals surface area contributed by atoms with Crippen LogP contribution in [-0.2, 0) is 9.53 Å².